The van der Waals surface area contributed by atoms with Crippen molar-refractivity contribution < 1.29 is 19.1 Å². The van der Waals surface area contributed by atoms with Crippen molar-refractivity contribution in [1.29, 1.82) is 0 Å². The molecule has 2 rings (SSSR count). The standard InChI is InChI=1S/C22H34N2O4/c1-15(2)20(24-21(25)17-9-11-18(27-4)12-10-17)22(26)23-13-14-28-19-8-6-5-7-16(19)3/h9-12,15-16,19-20H,5-8,13-14H2,1-4H3,(H,23,26)(H,24,25). The van der Waals surface area contributed by atoms with Crippen LogP contribution in [0, 0.1) is 11.8 Å². The molecule has 0 saturated heterocycles. The van der Waals surface area contributed by atoms with Gasteiger partial charge in [-0.15, -0.1) is 0 Å². The Kier molecular flexibility index (Phi) is 8.77. The van der Waals surface area contributed by atoms with E-state index in [0.29, 0.717) is 36.5 Å². The van der Waals surface area contributed by atoms with Gasteiger partial charge in [-0.05, 0) is 48.9 Å². The van der Waals surface area contributed by atoms with Crippen LogP contribution in [-0.4, -0.2) is 44.2 Å². The Balaban J connectivity index is 1.81. The molecule has 6 heteroatoms. The third-order valence-corrected chi connectivity index (χ3v) is 5.35. The summed E-state index contributed by atoms with van der Waals surface area (Å²) >= 11 is 0. The van der Waals surface area contributed by atoms with Crippen LogP contribution in [0.15, 0.2) is 24.3 Å². The predicted molar refractivity (Wildman–Crippen MR) is 109 cm³/mol. The van der Waals surface area contributed by atoms with Gasteiger partial charge in [-0.1, -0.05) is 33.6 Å². The molecule has 1 aromatic carbocycles. The molecule has 3 unspecified atom stereocenters. The first kappa shape index (κ1) is 22.2. The Labute approximate surface area is 168 Å². The SMILES string of the molecule is COc1ccc(C(=O)NC(C(=O)NCCOC2CCCCC2C)C(C)C)cc1. The Bertz CT molecular complexity index is 630. The van der Waals surface area contributed by atoms with Gasteiger partial charge in [0.25, 0.3) is 5.91 Å². The molecule has 0 aliphatic heterocycles. The Hall–Kier alpha value is -2.08. The van der Waals surface area contributed by atoms with Crippen molar-refractivity contribution in [1.82, 2.24) is 10.6 Å². The highest BCUT2D eigenvalue weighted by Crippen LogP contribution is 2.26. The van der Waals surface area contributed by atoms with E-state index in [2.05, 4.69) is 17.6 Å². The molecule has 156 valence electrons. The molecule has 0 aromatic heterocycles. The number of hydrogen-bond donors (Lipinski definition) is 2. The fraction of sp³-hybridized carbons (Fsp3) is 0.636. The average molecular weight is 391 g/mol. The maximum absolute atomic E-state index is 12.6. The monoisotopic (exact) mass is 390 g/mol. The molecule has 28 heavy (non-hydrogen) atoms. The van der Waals surface area contributed by atoms with Crippen LogP contribution in [-0.2, 0) is 9.53 Å². The number of carbonyl (C=O) groups is 2. The summed E-state index contributed by atoms with van der Waals surface area (Å²) < 4.78 is 11.0. The van der Waals surface area contributed by atoms with Gasteiger partial charge >= 0.3 is 0 Å². The summed E-state index contributed by atoms with van der Waals surface area (Å²) in [4.78, 5) is 25.0. The lowest BCUT2D eigenvalue weighted by atomic mass is 9.88. The van der Waals surface area contributed by atoms with Gasteiger partial charge in [-0.2, -0.15) is 0 Å². The third-order valence-electron chi connectivity index (χ3n) is 5.35. The molecule has 0 radical (unpaired) electrons. The number of carbonyl (C=O) groups excluding carboxylic acids is 2. The lowest BCUT2D eigenvalue weighted by Gasteiger charge is -2.29. The summed E-state index contributed by atoms with van der Waals surface area (Å²) in [5.41, 5.74) is 0.494. The summed E-state index contributed by atoms with van der Waals surface area (Å²) in [5, 5.41) is 5.73. The van der Waals surface area contributed by atoms with E-state index in [1.807, 2.05) is 13.8 Å². The molecular formula is C22H34N2O4. The van der Waals surface area contributed by atoms with Gasteiger partial charge in [0, 0.05) is 12.1 Å². The second-order valence-corrected chi connectivity index (χ2v) is 7.89. The van der Waals surface area contributed by atoms with Gasteiger partial charge in [0.05, 0.1) is 19.8 Å². The lowest BCUT2D eigenvalue weighted by molar-refractivity contribution is -0.124. The van der Waals surface area contributed by atoms with E-state index in [-0.39, 0.29) is 17.7 Å². The van der Waals surface area contributed by atoms with Crippen molar-refractivity contribution in [2.24, 2.45) is 11.8 Å². The molecule has 1 aliphatic carbocycles. The Morgan fingerprint density at radius 1 is 1.14 bits per heavy atom. The van der Waals surface area contributed by atoms with E-state index in [9.17, 15) is 9.59 Å². The molecule has 1 aliphatic rings. The summed E-state index contributed by atoms with van der Waals surface area (Å²) in [7, 11) is 1.58. The molecule has 1 aromatic rings. The van der Waals surface area contributed by atoms with Crippen LogP contribution in [0.1, 0.15) is 56.8 Å². The van der Waals surface area contributed by atoms with Crippen LogP contribution in [0.3, 0.4) is 0 Å². The minimum absolute atomic E-state index is 0.0264. The number of amides is 2. The number of nitrogens with one attached hydrogen (secondary N) is 2. The normalized spacial score (nSPS) is 20.5. The first-order chi connectivity index (χ1) is 13.4. The van der Waals surface area contributed by atoms with Crippen molar-refractivity contribution >= 4 is 11.8 Å². The van der Waals surface area contributed by atoms with Crippen molar-refractivity contribution in [2.75, 3.05) is 20.3 Å². The number of hydrogen-bond acceptors (Lipinski definition) is 4. The van der Waals surface area contributed by atoms with Crippen LogP contribution in [0.2, 0.25) is 0 Å². The van der Waals surface area contributed by atoms with E-state index in [1.165, 1.54) is 19.3 Å². The second-order valence-electron chi connectivity index (χ2n) is 7.89. The van der Waals surface area contributed by atoms with Crippen LogP contribution < -0.4 is 15.4 Å². The minimum atomic E-state index is -0.594. The molecule has 1 fully saturated rings. The van der Waals surface area contributed by atoms with Crippen molar-refractivity contribution in [3.05, 3.63) is 29.8 Å². The van der Waals surface area contributed by atoms with Gasteiger partial charge in [-0.25, -0.2) is 0 Å². The van der Waals surface area contributed by atoms with Crippen LogP contribution in [0.4, 0.5) is 0 Å². The van der Waals surface area contributed by atoms with Crippen molar-refractivity contribution in [3.8, 4) is 5.75 Å². The molecule has 0 bridgehead atoms. The van der Waals surface area contributed by atoms with E-state index >= 15 is 0 Å². The Morgan fingerprint density at radius 3 is 2.43 bits per heavy atom. The zero-order chi connectivity index (χ0) is 20.5. The van der Waals surface area contributed by atoms with E-state index < -0.39 is 6.04 Å². The molecule has 0 spiro atoms. The number of rotatable bonds is 9. The van der Waals surface area contributed by atoms with Crippen LogP contribution >= 0.6 is 0 Å². The average Bonchev–Trinajstić information content (AvgIpc) is 2.70. The van der Waals surface area contributed by atoms with E-state index in [1.54, 1.807) is 31.4 Å². The number of ether oxygens (including phenoxy) is 2. The molecule has 0 heterocycles. The summed E-state index contributed by atoms with van der Waals surface area (Å²) in [6.07, 6.45) is 5.10. The van der Waals surface area contributed by atoms with E-state index in [4.69, 9.17) is 9.47 Å². The highest BCUT2D eigenvalue weighted by atomic mass is 16.5. The molecular weight excluding hydrogens is 356 g/mol. The molecule has 2 amide bonds. The maximum Gasteiger partial charge on any atom is 0.251 e. The zero-order valence-corrected chi connectivity index (χ0v) is 17.5. The van der Waals surface area contributed by atoms with Crippen molar-refractivity contribution in [3.63, 3.8) is 0 Å². The molecule has 2 N–H and O–H groups in total. The summed E-state index contributed by atoms with van der Waals surface area (Å²) in [5.74, 6) is 0.779. The van der Waals surface area contributed by atoms with Gasteiger partial charge in [0.2, 0.25) is 5.91 Å². The molecule has 1 saturated carbocycles. The largest absolute Gasteiger partial charge is 0.497 e. The number of benzene rings is 1. The Morgan fingerprint density at radius 2 is 1.82 bits per heavy atom. The smallest absolute Gasteiger partial charge is 0.251 e. The van der Waals surface area contributed by atoms with E-state index in [0.717, 1.165) is 6.42 Å². The fourth-order valence-corrected chi connectivity index (χ4v) is 3.53. The minimum Gasteiger partial charge on any atom is -0.497 e. The van der Waals surface area contributed by atoms with Gasteiger partial charge in [-0.3, -0.25) is 9.59 Å². The zero-order valence-electron chi connectivity index (χ0n) is 17.5. The first-order valence-electron chi connectivity index (χ1n) is 10.3. The quantitative estimate of drug-likeness (QED) is 0.635. The topological polar surface area (TPSA) is 76.7 Å². The molecule has 6 nitrogen and oxygen atoms in total. The second kappa shape index (κ2) is 11.1. The molecule has 3 atom stereocenters. The summed E-state index contributed by atoms with van der Waals surface area (Å²) in [6, 6.07) is 6.22. The van der Waals surface area contributed by atoms with Gasteiger partial charge in [0.1, 0.15) is 11.8 Å². The highest BCUT2D eigenvalue weighted by molar-refractivity contribution is 5.97. The predicted octanol–water partition coefficient (Wildman–Crippen LogP) is 3.16. The van der Waals surface area contributed by atoms with Gasteiger partial charge < -0.3 is 20.1 Å². The fourth-order valence-electron chi connectivity index (χ4n) is 3.53. The third kappa shape index (κ3) is 6.51. The number of methoxy groups -OCH3 is 1. The lowest BCUT2D eigenvalue weighted by Crippen LogP contribution is -2.50. The highest BCUT2D eigenvalue weighted by Gasteiger charge is 2.25. The van der Waals surface area contributed by atoms with Crippen LogP contribution in [0.25, 0.3) is 0 Å². The van der Waals surface area contributed by atoms with Crippen molar-refractivity contribution in [2.45, 2.75) is 58.6 Å². The van der Waals surface area contributed by atoms with Crippen LogP contribution in [0.5, 0.6) is 5.75 Å². The first-order valence-corrected chi connectivity index (χ1v) is 10.3. The summed E-state index contributed by atoms with van der Waals surface area (Å²) in [6.45, 7) is 7.01. The maximum atomic E-state index is 12.6. The van der Waals surface area contributed by atoms with Gasteiger partial charge in [0.15, 0.2) is 0 Å².